The van der Waals surface area contributed by atoms with Crippen LogP contribution in [0.5, 0.6) is 5.75 Å². The molecule has 4 nitrogen and oxygen atoms in total. The highest BCUT2D eigenvalue weighted by molar-refractivity contribution is 9.10. The molecule has 1 atom stereocenters. The molecule has 1 aromatic carbocycles. The van der Waals surface area contributed by atoms with E-state index in [9.17, 15) is 5.11 Å². The molecule has 1 saturated heterocycles. The molecular weight excluding hydrogens is 328 g/mol. The Bertz CT molecular complexity index is 582. The van der Waals surface area contributed by atoms with Gasteiger partial charge in [0.2, 0.25) is 0 Å². The van der Waals surface area contributed by atoms with Gasteiger partial charge in [-0.3, -0.25) is 0 Å². The number of phenols is 1. The predicted molar refractivity (Wildman–Crippen MR) is 78.1 cm³/mol. The molecule has 1 aliphatic heterocycles. The zero-order valence-corrected chi connectivity index (χ0v) is 12.6. The summed E-state index contributed by atoms with van der Waals surface area (Å²) in [6.07, 6.45) is 3.57. The minimum atomic E-state index is 0.140. The largest absolute Gasteiger partial charge is 0.507 e. The second kappa shape index (κ2) is 5.54. The fourth-order valence-electron chi connectivity index (χ4n) is 2.11. The predicted octanol–water partition coefficient (Wildman–Crippen LogP) is 4.16. The van der Waals surface area contributed by atoms with Crippen molar-refractivity contribution < 1.29 is 9.63 Å². The van der Waals surface area contributed by atoms with Crippen LogP contribution in [0.2, 0.25) is 0 Å². The average molecular weight is 341 g/mol. The Morgan fingerprint density at radius 2 is 2.26 bits per heavy atom. The first-order valence-electron chi connectivity index (χ1n) is 6.18. The smallest absolute Gasteiger partial charge is 0.261 e. The number of thioether (sulfide) groups is 1. The van der Waals surface area contributed by atoms with Crippen molar-refractivity contribution in [1.29, 1.82) is 0 Å². The molecule has 1 N–H and O–H groups in total. The van der Waals surface area contributed by atoms with E-state index in [0.717, 1.165) is 22.5 Å². The average Bonchev–Trinajstić information content (AvgIpc) is 2.89. The van der Waals surface area contributed by atoms with Gasteiger partial charge in [0.05, 0.1) is 10.8 Å². The first kappa shape index (κ1) is 13.0. The van der Waals surface area contributed by atoms with Crippen molar-refractivity contribution in [2.75, 3.05) is 5.75 Å². The van der Waals surface area contributed by atoms with Crippen LogP contribution >= 0.6 is 27.7 Å². The van der Waals surface area contributed by atoms with E-state index in [4.69, 9.17) is 4.52 Å². The summed E-state index contributed by atoms with van der Waals surface area (Å²) in [5.74, 6) is 2.41. The second-order valence-electron chi connectivity index (χ2n) is 4.47. The van der Waals surface area contributed by atoms with Gasteiger partial charge in [0.25, 0.3) is 5.89 Å². The van der Waals surface area contributed by atoms with E-state index in [2.05, 4.69) is 26.1 Å². The van der Waals surface area contributed by atoms with Crippen LogP contribution in [-0.4, -0.2) is 21.0 Å². The van der Waals surface area contributed by atoms with Crippen LogP contribution in [-0.2, 0) is 0 Å². The molecule has 2 heterocycles. The summed E-state index contributed by atoms with van der Waals surface area (Å²) < 4.78 is 6.09. The number of hydrogen-bond acceptors (Lipinski definition) is 5. The van der Waals surface area contributed by atoms with Crippen molar-refractivity contribution in [2.24, 2.45) is 0 Å². The Morgan fingerprint density at radius 3 is 3.00 bits per heavy atom. The fraction of sp³-hybridized carbons (Fsp3) is 0.385. The minimum Gasteiger partial charge on any atom is -0.507 e. The zero-order valence-electron chi connectivity index (χ0n) is 10.2. The van der Waals surface area contributed by atoms with Gasteiger partial charge in [-0.15, -0.1) is 0 Å². The Balaban J connectivity index is 1.87. The van der Waals surface area contributed by atoms with Crippen LogP contribution in [0.15, 0.2) is 27.2 Å². The topological polar surface area (TPSA) is 59.2 Å². The Kier molecular flexibility index (Phi) is 3.79. The van der Waals surface area contributed by atoms with Gasteiger partial charge in [-0.2, -0.15) is 16.7 Å². The van der Waals surface area contributed by atoms with Crippen LogP contribution in [0.1, 0.15) is 30.3 Å². The summed E-state index contributed by atoms with van der Waals surface area (Å²) in [4.78, 5) is 4.42. The normalized spacial score (nSPS) is 19.5. The molecule has 0 bridgehead atoms. The molecule has 0 radical (unpaired) electrons. The molecule has 1 aliphatic rings. The van der Waals surface area contributed by atoms with Gasteiger partial charge in [-0.1, -0.05) is 27.5 Å². The monoisotopic (exact) mass is 340 g/mol. The number of nitrogens with zero attached hydrogens (tertiary/aromatic N) is 2. The molecule has 0 amide bonds. The first-order chi connectivity index (χ1) is 9.24. The SMILES string of the molecule is Oc1cc(Br)ccc1-c1nc(C2CCCCS2)no1. The summed E-state index contributed by atoms with van der Waals surface area (Å²) in [6.45, 7) is 0. The molecule has 1 unspecified atom stereocenters. The number of aromatic nitrogens is 2. The summed E-state index contributed by atoms with van der Waals surface area (Å²) in [5.41, 5.74) is 0.572. The van der Waals surface area contributed by atoms with Crippen LogP contribution in [0.3, 0.4) is 0 Å². The minimum absolute atomic E-state index is 0.140. The van der Waals surface area contributed by atoms with Gasteiger partial charge in [0, 0.05) is 4.47 Å². The van der Waals surface area contributed by atoms with Crippen LogP contribution in [0.25, 0.3) is 11.5 Å². The number of phenolic OH excluding ortho intramolecular Hbond substituents is 1. The van der Waals surface area contributed by atoms with Crippen molar-refractivity contribution in [3.8, 4) is 17.2 Å². The highest BCUT2D eigenvalue weighted by atomic mass is 79.9. The summed E-state index contributed by atoms with van der Waals surface area (Å²) in [6, 6.07) is 5.23. The van der Waals surface area contributed by atoms with E-state index in [-0.39, 0.29) is 5.75 Å². The zero-order chi connectivity index (χ0) is 13.2. The lowest BCUT2D eigenvalue weighted by Crippen LogP contribution is -2.03. The Hall–Kier alpha value is -1.01. The van der Waals surface area contributed by atoms with E-state index in [1.54, 1.807) is 12.1 Å². The number of aromatic hydroxyl groups is 1. The van der Waals surface area contributed by atoms with Crippen molar-refractivity contribution in [3.63, 3.8) is 0 Å². The number of rotatable bonds is 2. The molecule has 2 aromatic rings. The highest BCUT2D eigenvalue weighted by Gasteiger charge is 2.22. The number of hydrogen-bond donors (Lipinski definition) is 1. The maximum atomic E-state index is 9.90. The third kappa shape index (κ3) is 2.79. The van der Waals surface area contributed by atoms with Crippen molar-refractivity contribution in [1.82, 2.24) is 10.1 Å². The lowest BCUT2D eigenvalue weighted by atomic mass is 10.2. The highest BCUT2D eigenvalue weighted by Crippen LogP contribution is 2.38. The molecule has 0 aliphatic carbocycles. The maximum absolute atomic E-state index is 9.90. The van der Waals surface area contributed by atoms with Gasteiger partial charge in [-0.25, -0.2) is 0 Å². The van der Waals surface area contributed by atoms with E-state index >= 15 is 0 Å². The quantitative estimate of drug-likeness (QED) is 0.889. The first-order valence-corrected chi connectivity index (χ1v) is 8.02. The third-order valence-corrected chi connectivity index (χ3v) is 4.97. The van der Waals surface area contributed by atoms with E-state index in [1.807, 2.05) is 17.8 Å². The van der Waals surface area contributed by atoms with Gasteiger partial charge < -0.3 is 9.63 Å². The molecule has 0 saturated carbocycles. The molecule has 100 valence electrons. The number of benzene rings is 1. The van der Waals surface area contributed by atoms with Crippen LogP contribution < -0.4 is 0 Å². The van der Waals surface area contributed by atoms with Gasteiger partial charge >= 0.3 is 0 Å². The Morgan fingerprint density at radius 1 is 1.37 bits per heavy atom. The molecule has 19 heavy (non-hydrogen) atoms. The maximum Gasteiger partial charge on any atom is 0.261 e. The Labute approximate surface area is 123 Å². The fourth-order valence-corrected chi connectivity index (χ4v) is 3.69. The molecule has 1 aromatic heterocycles. The van der Waals surface area contributed by atoms with E-state index < -0.39 is 0 Å². The third-order valence-electron chi connectivity index (χ3n) is 3.10. The summed E-state index contributed by atoms with van der Waals surface area (Å²) >= 11 is 5.18. The molecule has 1 fully saturated rings. The van der Waals surface area contributed by atoms with Crippen LogP contribution in [0.4, 0.5) is 0 Å². The van der Waals surface area contributed by atoms with E-state index in [0.29, 0.717) is 16.7 Å². The molecule has 6 heteroatoms. The van der Waals surface area contributed by atoms with Crippen molar-refractivity contribution in [3.05, 3.63) is 28.5 Å². The van der Waals surface area contributed by atoms with Gasteiger partial charge in [0.15, 0.2) is 5.82 Å². The van der Waals surface area contributed by atoms with E-state index in [1.165, 1.54) is 12.8 Å². The lowest BCUT2D eigenvalue weighted by molar-refractivity contribution is 0.415. The summed E-state index contributed by atoms with van der Waals surface area (Å²) in [7, 11) is 0. The lowest BCUT2D eigenvalue weighted by Gasteiger charge is -2.17. The van der Waals surface area contributed by atoms with Crippen LogP contribution in [0, 0.1) is 0 Å². The second-order valence-corrected chi connectivity index (χ2v) is 6.70. The van der Waals surface area contributed by atoms with Crippen molar-refractivity contribution >= 4 is 27.7 Å². The standard InChI is InChI=1S/C13H13BrN2O2S/c14-8-4-5-9(10(17)7-8)13-15-12(16-18-13)11-3-1-2-6-19-11/h4-5,7,11,17H,1-3,6H2. The van der Waals surface area contributed by atoms with Crippen molar-refractivity contribution in [2.45, 2.75) is 24.5 Å². The molecule has 0 spiro atoms. The van der Waals surface area contributed by atoms with Gasteiger partial charge in [-0.05, 0) is 36.8 Å². The number of halogens is 1. The summed E-state index contributed by atoms with van der Waals surface area (Å²) in [5, 5.41) is 14.3. The van der Waals surface area contributed by atoms with Gasteiger partial charge in [0.1, 0.15) is 5.75 Å². The molecular formula is C13H13BrN2O2S. The molecule has 3 rings (SSSR count).